The van der Waals surface area contributed by atoms with Crippen LogP contribution in [-0.2, 0) is 4.79 Å². The first-order chi connectivity index (χ1) is 12.2. The van der Waals surface area contributed by atoms with Crippen LogP contribution in [0.15, 0.2) is 30.3 Å². The Morgan fingerprint density at radius 3 is 1.85 bits per heavy atom. The van der Waals surface area contributed by atoms with E-state index in [-0.39, 0.29) is 0 Å². The van der Waals surface area contributed by atoms with Gasteiger partial charge in [0.1, 0.15) is 36.6 Å². The van der Waals surface area contributed by atoms with E-state index in [9.17, 15) is 40.5 Å². The monoisotopic (exact) mass is 376 g/mol. The van der Waals surface area contributed by atoms with E-state index in [1.54, 1.807) is 30.3 Å². The van der Waals surface area contributed by atoms with Gasteiger partial charge in [-0.2, -0.15) is 0 Å². The molecule has 0 radical (unpaired) electrons. The standard InChI is InChI=1S/C15H24N2O9/c18-6-8(19)9(20)10(21)11(22)12(23)13(24)14(25)15(26)17-16-7-4-2-1-3-5-7/h1-5,8-14,16,18-25H,6H2,(H,17,26)/t8-,9-,10-,11-,12-,13+,14-/m1/s1. The number of amides is 1. The molecule has 0 saturated carbocycles. The molecular formula is C15H24N2O9. The molecule has 0 fully saturated rings. The molecule has 1 aromatic carbocycles. The third kappa shape index (κ3) is 5.86. The predicted molar refractivity (Wildman–Crippen MR) is 87.3 cm³/mol. The van der Waals surface area contributed by atoms with E-state index in [0.717, 1.165) is 0 Å². The van der Waals surface area contributed by atoms with Gasteiger partial charge in [-0.15, -0.1) is 0 Å². The average Bonchev–Trinajstić information content (AvgIpc) is 2.68. The Labute approximate surface area is 148 Å². The molecule has 0 saturated heterocycles. The first-order valence-electron chi connectivity index (χ1n) is 7.69. The average molecular weight is 376 g/mol. The Bertz CT molecular complexity index is 547. The number of aliphatic hydroxyl groups is 8. The van der Waals surface area contributed by atoms with Crippen LogP contribution >= 0.6 is 0 Å². The van der Waals surface area contributed by atoms with Crippen LogP contribution < -0.4 is 10.9 Å². The first kappa shape index (κ1) is 22.2. The molecule has 26 heavy (non-hydrogen) atoms. The lowest BCUT2D eigenvalue weighted by molar-refractivity contribution is -0.174. The summed E-state index contributed by atoms with van der Waals surface area (Å²) in [5.41, 5.74) is 4.99. The molecule has 0 aliphatic carbocycles. The first-order valence-corrected chi connectivity index (χ1v) is 7.69. The normalized spacial score (nSPS) is 19.5. The number of hydrogen-bond acceptors (Lipinski definition) is 10. The molecule has 0 bridgehead atoms. The molecule has 0 spiro atoms. The van der Waals surface area contributed by atoms with Crippen LogP contribution in [0.3, 0.4) is 0 Å². The summed E-state index contributed by atoms with van der Waals surface area (Å²) < 4.78 is 0. The molecule has 148 valence electrons. The molecule has 1 amide bonds. The minimum absolute atomic E-state index is 0.472. The van der Waals surface area contributed by atoms with Gasteiger partial charge in [0.05, 0.1) is 12.3 Å². The van der Waals surface area contributed by atoms with Crippen molar-refractivity contribution in [2.45, 2.75) is 42.7 Å². The van der Waals surface area contributed by atoms with Crippen molar-refractivity contribution in [3.63, 3.8) is 0 Å². The molecule has 1 aromatic rings. The second-order valence-electron chi connectivity index (χ2n) is 5.63. The van der Waals surface area contributed by atoms with Gasteiger partial charge in [-0.1, -0.05) is 18.2 Å². The van der Waals surface area contributed by atoms with Gasteiger partial charge in [0.15, 0.2) is 6.10 Å². The minimum atomic E-state index is -2.25. The summed E-state index contributed by atoms with van der Waals surface area (Å²) >= 11 is 0. The lowest BCUT2D eigenvalue weighted by Gasteiger charge is -2.31. The van der Waals surface area contributed by atoms with E-state index < -0.39 is 55.2 Å². The SMILES string of the molecule is O=C(NNc1ccccc1)[C@H](O)[C@@H](O)[C@H](O)[C@H](O)[C@H](O)[C@H](O)[C@H](O)CO. The number of hydrazine groups is 1. The summed E-state index contributed by atoms with van der Waals surface area (Å²) in [6, 6.07) is 8.29. The fourth-order valence-electron chi connectivity index (χ4n) is 2.01. The highest BCUT2D eigenvalue weighted by atomic mass is 16.4. The third-order valence-electron chi connectivity index (χ3n) is 3.68. The van der Waals surface area contributed by atoms with E-state index in [0.29, 0.717) is 5.69 Å². The number of carbonyl (C=O) groups is 1. The number of aliphatic hydroxyl groups excluding tert-OH is 8. The van der Waals surface area contributed by atoms with Crippen molar-refractivity contribution in [1.82, 2.24) is 5.43 Å². The van der Waals surface area contributed by atoms with Crippen LogP contribution in [0.25, 0.3) is 0 Å². The van der Waals surface area contributed by atoms with Crippen molar-refractivity contribution in [1.29, 1.82) is 0 Å². The summed E-state index contributed by atoms with van der Waals surface area (Å²) in [4.78, 5) is 11.8. The van der Waals surface area contributed by atoms with Crippen molar-refractivity contribution in [3.8, 4) is 0 Å². The van der Waals surface area contributed by atoms with Gasteiger partial charge in [-0.25, -0.2) is 0 Å². The van der Waals surface area contributed by atoms with Gasteiger partial charge in [0.25, 0.3) is 5.91 Å². The molecule has 11 heteroatoms. The molecule has 0 aliphatic rings. The quantitative estimate of drug-likeness (QED) is 0.178. The number of anilines is 1. The fraction of sp³-hybridized carbons (Fsp3) is 0.533. The molecule has 0 aliphatic heterocycles. The van der Waals surface area contributed by atoms with Crippen molar-refractivity contribution >= 4 is 11.6 Å². The second kappa shape index (κ2) is 10.4. The number of hydrogen-bond donors (Lipinski definition) is 10. The van der Waals surface area contributed by atoms with E-state index in [4.69, 9.17) is 5.11 Å². The Hall–Kier alpha value is -1.83. The van der Waals surface area contributed by atoms with Crippen LogP contribution in [-0.4, -0.2) is 96.1 Å². The van der Waals surface area contributed by atoms with Gasteiger partial charge >= 0.3 is 0 Å². The second-order valence-corrected chi connectivity index (χ2v) is 5.63. The zero-order valence-corrected chi connectivity index (χ0v) is 13.6. The predicted octanol–water partition coefficient (Wildman–Crippen LogP) is -4.35. The van der Waals surface area contributed by atoms with Crippen LogP contribution in [0.4, 0.5) is 5.69 Å². The Morgan fingerprint density at radius 2 is 1.31 bits per heavy atom. The Morgan fingerprint density at radius 1 is 0.808 bits per heavy atom. The summed E-state index contributed by atoms with van der Waals surface area (Å²) in [6.07, 6.45) is -14.9. The van der Waals surface area contributed by atoms with Crippen LogP contribution in [0.1, 0.15) is 0 Å². The molecular weight excluding hydrogens is 352 g/mol. The van der Waals surface area contributed by atoms with E-state index in [2.05, 4.69) is 10.9 Å². The third-order valence-corrected chi connectivity index (χ3v) is 3.68. The number of carbonyl (C=O) groups excluding carboxylic acids is 1. The van der Waals surface area contributed by atoms with Gasteiger partial charge in [-0.3, -0.25) is 15.6 Å². The van der Waals surface area contributed by atoms with Gasteiger partial charge in [-0.05, 0) is 12.1 Å². The number of benzene rings is 1. The lowest BCUT2D eigenvalue weighted by Crippen LogP contribution is -2.57. The summed E-state index contributed by atoms with van der Waals surface area (Å²) in [5, 5.41) is 76.1. The van der Waals surface area contributed by atoms with E-state index in [1.165, 1.54) is 0 Å². The zero-order valence-electron chi connectivity index (χ0n) is 13.6. The van der Waals surface area contributed by atoms with Gasteiger partial charge in [0.2, 0.25) is 0 Å². The largest absolute Gasteiger partial charge is 0.394 e. The fourth-order valence-corrected chi connectivity index (χ4v) is 2.01. The molecule has 0 heterocycles. The summed E-state index contributed by atoms with van der Waals surface area (Å²) in [6.45, 7) is -0.931. The van der Waals surface area contributed by atoms with Crippen LogP contribution in [0.2, 0.25) is 0 Å². The highest BCUT2D eigenvalue weighted by molar-refractivity contribution is 5.82. The highest BCUT2D eigenvalue weighted by Gasteiger charge is 2.40. The number of rotatable bonds is 10. The van der Waals surface area contributed by atoms with Gasteiger partial charge < -0.3 is 40.9 Å². The summed E-state index contributed by atoms with van der Waals surface area (Å²) in [5.74, 6) is -1.14. The lowest BCUT2D eigenvalue weighted by atomic mass is 9.94. The van der Waals surface area contributed by atoms with Crippen LogP contribution in [0.5, 0.6) is 0 Å². The van der Waals surface area contributed by atoms with Crippen molar-refractivity contribution in [3.05, 3.63) is 30.3 Å². The smallest absolute Gasteiger partial charge is 0.269 e. The maximum absolute atomic E-state index is 11.8. The topological polar surface area (TPSA) is 203 Å². The maximum atomic E-state index is 11.8. The molecule has 0 aromatic heterocycles. The molecule has 7 atom stereocenters. The molecule has 0 unspecified atom stereocenters. The van der Waals surface area contributed by atoms with E-state index >= 15 is 0 Å². The maximum Gasteiger partial charge on any atom is 0.269 e. The number of nitrogens with one attached hydrogen (secondary N) is 2. The molecule has 1 rings (SSSR count). The van der Waals surface area contributed by atoms with Crippen molar-refractivity contribution in [2.75, 3.05) is 12.0 Å². The highest BCUT2D eigenvalue weighted by Crippen LogP contribution is 2.13. The van der Waals surface area contributed by atoms with Crippen LogP contribution in [0, 0.1) is 0 Å². The zero-order chi connectivity index (χ0) is 19.9. The Balaban J connectivity index is 2.61. The minimum Gasteiger partial charge on any atom is -0.394 e. The van der Waals surface area contributed by atoms with Gasteiger partial charge in [0, 0.05) is 0 Å². The van der Waals surface area contributed by atoms with Crippen molar-refractivity contribution in [2.24, 2.45) is 0 Å². The van der Waals surface area contributed by atoms with Crippen molar-refractivity contribution < 1.29 is 45.6 Å². The van der Waals surface area contributed by atoms with E-state index in [1.807, 2.05) is 0 Å². The summed E-state index contributed by atoms with van der Waals surface area (Å²) in [7, 11) is 0. The molecule has 10 N–H and O–H groups in total. The molecule has 11 nitrogen and oxygen atoms in total. The number of para-hydroxylation sites is 1. The Kier molecular flexibility index (Phi) is 8.84.